The van der Waals surface area contributed by atoms with Crippen molar-refractivity contribution in [1.29, 1.82) is 0 Å². The number of hydrogen-bond acceptors (Lipinski definition) is 1. The Morgan fingerprint density at radius 3 is 2.00 bits per heavy atom. The van der Waals surface area contributed by atoms with Crippen LogP contribution in [0.5, 0.6) is 0 Å². The van der Waals surface area contributed by atoms with Crippen molar-refractivity contribution in [2.24, 2.45) is 5.73 Å². The fraction of sp³-hybridized carbons (Fsp3) is 1.00. The number of nitrogens with two attached hydrogens (primary N) is 1. The molecule has 0 rings (SSSR count). The Hall–Kier alpha value is 0.177. The molecule has 0 saturated carbocycles. The van der Waals surface area contributed by atoms with Gasteiger partial charge in [-0.2, -0.15) is 0 Å². The highest BCUT2D eigenvalue weighted by Gasteiger charge is 2.15. The third kappa shape index (κ3) is 3.21. The van der Waals surface area contributed by atoms with Crippen molar-refractivity contribution in [3.63, 3.8) is 0 Å². The van der Waals surface area contributed by atoms with E-state index in [1.54, 1.807) is 0 Å². The third-order valence-electron chi connectivity index (χ3n) is 1.48. The van der Waals surface area contributed by atoms with Crippen molar-refractivity contribution in [2.75, 3.05) is 6.17 Å². The zero-order chi connectivity index (χ0) is 6.62. The van der Waals surface area contributed by atoms with Crippen LogP contribution in [0, 0.1) is 0 Å². The van der Waals surface area contributed by atoms with Gasteiger partial charge in [0, 0.05) is 0 Å². The van der Waals surface area contributed by atoms with Crippen LogP contribution in [-0.4, -0.2) is 14.2 Å². The van der Waals surface area contributed by atoms with Gasteiger partial charge in [-0.05, 0) is 6.17 Å². The number of hydrogen-bond donors (Lipinski definition) is 1. The van der Waals surface area contributed by atoms with E-state index in [2.05, 4.69) is 20.0 Å². The molecule has 0 aliphatic heterocycles. The minimum absolute atomic E-state index is 0.899. The summed E-state index contributed by atoms with van der Waals surface area (Å²) >= 11 is 0. The summed E-state index contributed by atoms with van der Waals surface area (Å²) in [5, 5.41) is 0. The first-order chi connectivity index (χ1) is 3.62. The molecule has 2 heteroatoms. The van der Waals surface area contributed by atoms with E-state index in [-0.39, 0.29) is 0 Å². The Morgan fingerprint density at radius 1 is 1.38 bits per heavy atom. The van der Waals surface area contributed by atoms with Crippen LogP contribution >= 0.6 is 0 Å². The Labute approximate surface area is 53.3 Å². The average Bonchev–Trinajstić information content (AvgIpc) is 1.67. The van der Waals surface area contributed by atoms with Crippen LogP contribution in [-0.2, 0) is 0 Å². The molecule has 0 unspecified atom stereocenters. The van der Waals surface area contributed by atoms with Crippen LogP contribution in [0.3, 0.4) is 0 Å². The highest BCUT2D eigenvalue weighted by atomic mass is 28.3. The zero-order valence-corrected chi connectivity index (χ0v) is 7.20. The third-order valence-corrected chi connectivity index (χ3v) is 4.44. The Kier molecular flexibility index (Phi) is 3.32. The molecule has 0 amide bonds. The molecular formula is C6H17NSi. The first kappa shape index (κ1) is 8.18. The first-order valence-corrected chi connectivity index (χ1v) is 6.74. The maximum absolute atomic E-state index is 5.55. The van der Waals surface area contributed by atoms with Crippen molar-refractivity contribution in [1.82, 2.24) is 0 Å². The molecule has 0 fully saturated rings. The van der Waals surface area contributed by atoms with Gasteiger partial charge in [-0.1, -0.05) is 32.5 Å². The lowest BCUT2D eigenvalue weighted by Gasteiger charge is -2.17. The van der Waals surface area contributed by atoms with E-state index in [0.717, 1.165) is 6.17 Å². The van der Waals surface area contributed by atoms with Gasteiger partial charge >= 0.3 is 0 Å². The van der Waals surface area contributed by atoms with E-state index in [4.69, 9.17) is 5.73 Å². The van der Waals surface area contributed by atoms with E-state index in [1.165, 1.54) is 12.5 Å². The van der Waals surface area contributed by atoms with Gasteiger partial charge in [0.05, 0.1) is 8.07 Å². The predicted octanol–water partition coefficient (Wildman–Crippen LogP) is 1.60. The monoisotopic (exact) mass is 131 g/mol. The highest BCUT2D eigenvalue weighted by molar-refractivity contribution is 6.77. The molecule has 0 aromatic rings. The molecule has 0 aliphatic rings. The van der Waals surface area contributed by atoms with Crippen LogP contribution in [0.4, 0.5) is 0 Å². The molecule has 0 saturated heterocycles. The summed E-state index contributed by atoms with van der Waals surface area (Å²) in [4.78, 5) is 0. The molecule has 0 aromatic carbocycles. The highest BCUT2D eigenvalue weighted by Crippen LogP contribution is 2.08. The smallest absolute Gasteiger partial charge is 0.0622 e. The molecule has 2 N–H and O–H groups in total. The van der Waals surface area contributed by atoms with E-state index in [9.17, 15) is 0 Å². The first-order valence-electron chi connectivity index (χ1n) is 3.32. The average molecular weight is 131 g/mol. The van der Waals surface area contributed by atoms with Crippen LogP contribution in [0.2, 0.25) is 19.1 Å². The van der Waals surface area contributed by atoms with Crippen LogP contribution in [0.15, 0.2) is 0 Å². The SMILES string of the molecule is CCC[Si](C)(C)CN. The lowest BCUT2D eigenvalue weighted by atomic mass is 10.6. The Bertz CT molecular complexity index is 61.5. The van der Waals surface area contributed by atoms with Crippen molar-refractivity contribution < 1.29 is 0 Å². The summed E-state index contributed by atoms with van der Waals surface area (Å²) in [6.45, 7) is 6.91. The summed E-state index contributed by atoms with van der Waals surface area (Å²) in [7, 11) is -0.899. The molecule has 0 spiro atoms. The van der Waals surface area contributed by atoms with Crippen molar-refractivity contribution >= 4 is 8.07 Å². The molecule has 0 bridgehead atoms. The van der Waals surface area contributed by atoms with Crippen molar-refractivity contribution in [3.8, 4) is 0 Å². The molecule has 0 aliphatic carbocycles. The summed E-state index contributed by atoms with van der Waals surface area (Å²) in [5.74, 6) is 0. The summed E-state index contributed by atoms with van der Waals surface area (Å²) in [6.07, 6.45) is 2.25. The Morgan fingerprint density at radius 2 is 1.88 bits per heavy atom. The quantitative estimate of drug-likeness (QED) is 0.578. The van der Waals surface area contributed by atoms with Crippen molar-refractivity contribution in [2.45, 2.75) is 32.5 Å². The molecule has 0 atom stereocenters. The fourth-order valence-electron chi connectivity index (χ4n) is 0.779. The second kappa shape index (κ2) is 3.25. The fourth-order valence-corrected chi connectivity index (χ4v) is 2.34. The molecular weight excluding hydrogens is 114 g/mol. The van der Waals surface area contributed by atoms with Crippen LogP contribution in [0.25, 0.3) is 0 Å². The summed E-state index contributed by atoms with van der Waals surface area (Å²) in [5.41, 5.74) is 5.55. The van der Waals surface area contributed by atoms with E-state index in [1.807, 2.05) is 0 Å². The lowest BCUT2D eigenvalue weighted by molar-refractivity contribution is 1.03. The molecule has 1 nitrogen and oxygen atoms in total. The standard InChI is InChI=1S/C6H17NSi/c1-4-5-8(2,3)6-7/h4-7H2,1-3H3. The summed E-state index contributed by atoms with van der Waals surface area (Å²) < 4.78 is 0. The van der Waals surface area contributed by atoms with E-state index >= 15 is 0 Å². The molecule has 0 radical (unpaired) electrons. The molecule has 0 heterocycles. The minimum atomic E-state index is -0.899. The van der Waals surface area contributed by atoms with Gasteiger partial charge in [0.15, 0.2) is 0 Å². The van der Waals surface area contributed by atoms with Crippen LogP contribution < -0.4 is 5.73 Å². The van der Waals surface area contributed by atoms with Crippen molar-refractivity contribution in [3.05, 3.63) is 0 Å². The maximum atomic E-state index is 5.55. The summed E-state index contributed by atoms with van der Waals surface area (Å²) in [6, 6.07) is 1.38. The normalized spacial score (nSPS) is 12.0. The predicted molar refractivity (Wildman–Crippen MR) is 41.6 cm³/mol. The lowest BCUT2D eigenvalue weighted by Crippen LogP contribution is -2.35. The second-order valence-corrected chi connectivity index (χ2v) is 8.36. The zero-order valence-electron chi connectivity index (χ0n) is 6.20. The van der Waals surface area contributed by atoms with Gasteiger partial charge in [-0.3, -0.25) is 0 Å². The Balaban J connectivity index is 3.37. The van der Waals surface area contributed by atoms with Gasteiger partial charge in [-0.15, -0.1) is 0 Å². The van der Waals surface area contributed by atoms with Gasteiger partial charge in [0.2, 0.25) is 0 Å². The topological polar surface area (TPSA) is 26.0 Å². The van der Waals surface area contributed by atoms with Gasteiger partial charge in [0.1, 0.15) is 0 Å². The second-order valence-electron chi connectivity index (χ2n) is 3.12. The molecule has 0 aromatic heterocycles. The van der Waals surface area contributed by atoms with Gasteiger partial charge in [-0.25, -0.2) is 0 Å². The van der Waals surface area contributed by atoms with Gasteiger partial charge < -0.3 is 5.73 Å². The molecule has 50 valence electrons. The minimum Gasteiger partial charge on any atom is -0.333 e. The number of rotatable bonds is 3. The van der Waals surface area contributed by atoms with E-state index < -0.39 is 8.07 Å². The maximum Gasteiger partial charge on any atom is 0.0622 e. The van der Waals surface area contributed by atoms with E-state index in [0.29, 0.717) is 0 Å². The largest absolute Gasteiger partial charge is 0.333 e. The molecule has 8 heavy (non-hydrogen) atoms. The van der Waals surface area contributed by atoms with Crippen LogP contribution in [0.1, 0.15) is 13.3 Å². The van der Waals surface area contributed by atoms with Gasteiger partial charge in [0.25, 0.3) is 0 Å².